The fourth-order valence-corrected chi connectivity index (χ4v) is 2.12. The van der Waals surface area contributed by atoms with Crippen molar-refractivity contribution >= 4 is 10.9 Å². The van der Waals surface area contributed by atoms with E-state index in [4.69, 9.17) is 5.10 Å². The van der Waals surface area contributed by atoms with E-state index in [0.29, 0.717) is 5.92 Å². The lowest BCUT2D eigenvalue weighted by molar-refractivity contribution is 0.492. The summed E-state index contributed by atoms with van der Waals surface area (Å²) in [5.41, 5.74) is 2.42. The maximum absolute atomic E-state index is 4.75. The number of nitrogens with one attached hydrogen (secondary N) is 1. The van der Waals surface area contributed by atoms with E-state index >= 15 is 0 Å². The molecule has 0 aliphatic rings. The van der Waals surface area contributed by atoms with Gasteiger partial charge in [0.25, 0.3) is 0 Å². The summed E-state index contributed by atoms with van der Waals surface area (Å²) in [6.45, 7) is 9.47. The minimum Gasteiger partial charge on any atom is -0.311 e. The van der Waals surface area contributed by atoms with E-state index < -0.39 is 0 Å². The molecule has 0 radical (unpaired) electrons. The van der Waals surface area contributed by atoms with Gasteiger partial charge in [-0.05, 0) is 24.9 Å². The van der Waals surface area contributed by atoms with E-state index in [-0.39, 0.29) is 0 Å². The Bertz CT molecular complexity index is 499. The van der Waals surface area contributed by atoms with Crippen LogP contribution >= 0.6 is 0 Å². The largest absolute Gasteiger partial charge is 0.311 e. The van der Waals surface area contributed by atoms with E-state index in [0.717, 1.165) is 25.3 Å². The Morgan fingerprint density at radius 1 is 1.28 bits per heavy atom. The van der Waals surface area contributed by atoms with E-state index in [1.165, 1.54) is 17.3 Å². The van der Waals surface area contributed by atoms with Gasteiger partial charge in [0.2, 0.25) is 0 Å². The zero-order valence-electron chi connectivity index (χ0n) is 11.6. The quantitative estimate of drug-likeness (QED) is 0.847. The third kappa shape index (κ3) is 2.91. The number of hydrogen-bond acceptors (Lipinski definition) is 2. The highest BCUT2D eigenvalue weighted by atomic mass is 15.3. The molecule has 18 heavy (non-hydrogen) atoms. The van der Waals surface area contributed by atoms with Crippen LogP contribution in [0.15, 0.2) is 24.3 Å². The molecule has 0 amide bonds. The van der Waals surface area contributed by atoms with Crippen LogP contribution in [0.5, 0.6) is 0 Å². The third-order valence-electron chi connectivity index (χ3n) is 3.20. The average Bonchev–Trinajstić information content (AvgIpc) is 2.72. The van der Waals surface area contributed by atoms with Crippen molar-refractivity contribution in [1.82, 2.24) is 15.1 Å². The number of aromatic nitrogens is 2. The SMILES string of the molecule is CCNCc1nn(CCC(C)C)c2ccccc12. The maximum Gasteiger partial charge on any atom is 0.0841 e. The fourth-order valence-electron chi connectivity index (χ4n) is 2.12. The van der Waals surface area contributed by atoms with E-state index in [1.807, 2.05) is 0 Å². The first kappa shape index (κ1) is 13.1. The second kappa shape index (κ2) is 6.01. The Labute approximate surface area is 109 Å². The number of nitrogens with zero attached hydrogens (tertiary/aromatic N) is 2. The number of benzene rings is 1. The second-order valence-corrected chi connectivity index (χ2v) is 5.15. The summed E-state index contributed by atoms with van der Waals surface area (Å²) in [7, 11) is 0. The lowest BCUT2D eigenvalue weighted by Gasteiger charge is -2.05. The first-order valence-electron chi connectivity index (χ1n) is 6.87. The van der Waals surface area contributed by atoms with Gasteiger partial charge in [0, 0.05) is 18.5 Å². The molecule has 0 aliphatic carbocycles. The van der Waals surface area contributed by atoms with Gasteiger partial charge in [-0.1, -0.05) is 39.0 Å². The Morgan fingerprint density at radius 2 is 2.06 bits per heavy atom. The molecule has 1 aromatic heterocycles. The highest BCUT2D eigenvalue weighted by Gasteiger charge is 2.09. The van der Waals surface area contributed by atoms with Crippen LogP contribution in [0, 0.1) is 5.92 Å². The molecule has 0 bridgehead atoms. The summed E-state index contributed by atoms with van der Waals surface area (Å²) in [4.78, 5) is 0. The molecule has 3 heteroatoms. The van der Waals surface area contributed by atoms with Gasteiger partial charge < -0.3 is 5.32 Å². The van der Waals surface area contributed by atoms with Gasteiger partial charge in [0.05, 0.1) is 11.2 Å². The van der Waals surface area contributed by atoms with Crippen LogP contribution in [-0.4, -0.2) is 16.3 Å². The molecule has 0 atom stereocenters. The summed E-state index contributed by atoms with van der Waals surface area (Å²) in [6, 6.07) is 8.51. The molecule has 0 saturated carbocycles. The lowest BCUT2D eigenvalue weighted by atomic mass is 10.1. The Hall–Kier alpha value is -1.35. The summed E-state index contributed by atoms with van der Waals surface area (Å²) < 4.78 is 2.15. The lowest BCUT2D eigenvalue weighted by Crippen LogP contribution is -2.13. The van der Waals surface area contributed by atoms with E-state index in [2.05, 4.69) is 55.0 Å². The second-order valence-electron chi connectivity index (χ2n) is 5.15. The number of hydrogen-bond donors (Lipinski definition) is 1. The van der Waals surface area contributed by atoms with Crippen LogP contribution in [0.25, 0.3) is 10.9 Å². The van der Waals surface area contributed by atoms with Crippen molar-refractivity contribution in [3.63, 3.8) is 0 Å². The van der Waals surface area contributed by atoms with Gasteiger partial charge in [-0.3, -0.25) is 4.68 Å². The summed E-state index contributed by atoms with van der Waals surface area (Å²) in [6.07, 6.45) is 1.17. The monoisotopic (exact) mass is 245 g/mol. The highest BCUT2D eigenvalue weighted by Crippen LogP contribution is 2.19. The van der Waals surface area contributed by atoms with Gasteiger partial charge in [-0.25, -0.2) is 0 Å². The minimum atomic E-state index is 0.713. The summed E-state index contributed by atoms with van der Waals surface area (Å²) in [5.74, 6) is 0.713. The molecular weight excluding hydrogens is 222 g/mol. The number of fused-ring (bicyclic) bond motifs is 1. The van der Waals surface area contributed by atoms with Crippen LogP contribution < -0.4 is 5.32 Å². The Balaban J connectivity index is 2.28. The molecule has 2 rings (SSSR count). The molecule has 1 aromatic carbocycles. The maximum atomic E-state index is 4.75. The van der Waals surface area contributed by atoms with E-state index in [1.54, 1.807) is 0 Å². The molecule has 1 N–H and O–H groups in total. The van der Waals surface area contributed by atoms with Crippen LogP contribution in [0.4, 0.5) is 0 Å². The van der Waals surface area contributed by atoms with Crippen LogP contribution in [0.2, 0.25) is 0 Å². The van der Waals surface area contributed by atoms with Crippen LogP contribution in [0.1, 0.15) is 32.9 Å². The molecule has 3 nitrogen and oxygen atoms in total. The molecule has 0 unspecified atom stereocenters. The number of aryl methyl sites for hydroxylation is 1. The van der Waals surface area contributed by atoms with Gasteiger partial charge >= 0.3 is 0 Å². The fraction of sp³-hybridized carbons (Fsp3) is 0.533. The standard InChI is InChI=1S/C15H23N3/c1-4-16-11-14-13-7-5-6-8-15(13)18(17-14)10-9-12(2)3/h5-8,12,16H,4,9-11H2,1-3H3. The number of rotatable bonds is 6. The molecule has 0 spiro atoms. The van der Waals surface area contributed by atoms with E-state index in [9.17, 15) is 0 Å². The van der Waals surface area contributed by atoms with Gasteiger partial charge in [-0.2, -0.15) is 5.10 Å². The van der Waals surface area contributed by atoms with Crippen LogP contribution in [0.3, 0.4) is 0 Å². The van der Waals surface area contributed by atoms with Crippen molar-refractivity contribution in [3.05, 3.63) is 30.0 Å². The Morgan fingerprint density at radius 3 is 2.78 bits per heavy atom. The van der Waals surface area contributed by atoms with Crippen molar-refractivity contribution in [3.8, 4) is 0 Å². The Kier molecular flexibility index (Phi) is 4.37. The van der Waals surface area contributed by atoms with Crippen LogP contribution in [-0.2, 0) is 13.1 Å². The molecule has 98 valence electrons. The normalized spacial score (nSPS) is 11.6. The zero-order chi connectivity index (χ0) is 13.0. The van der Waals surface area contributed by atoms with Crippen molar-refractivity contribution < 1.29 is 0 Å². The van der Waals surface area contributed by atoms with Crippen molar-refractivity contribution in [2.75, 3.05) is 6.54 Å². The van der Waals surface area contributed by atoms with Gasteiger partial charge in [0.1, 0.15) is 0 Å². The molecule has 2 aromatic rings. The summed E-state index contributed by atoms with van der Waals surface area (Å²) in [5, 5.41) is 9.39. The number of para-hydroxylation sites is 1. The first-order valence-corrected chi connectivity index (χ1v) is 6.87. The minimum absolute atomic E-state index is 0.713. The predicted octanol–water partition coefficient (Wildman–Crippen LogP) is 3.19. The summed E-state index contributed by atoms with van der Waals surface area (Å²) >= 11 is 0. The average molecular weight is 245 g/mol. The molecule has 0 saturated heterocycles. The molecule has 0 fully saturated rings. The third-order valence-corrected chi connectivity index (χ3v) is 3.20. The van der Waals surface area contributed by atoms with Crippen molar-refractivity contribution in [2.24, 2.45) is 5.92 Å². The van der Waals surface area contributed by atoms with Crippen molar-refractivity contribution in [1.29, 1.82) is 0 Å². The molecule has 0 aliphatic heterocycles. The zero-order valence-corrected chi connectivity index (χ0v) is 11.6. The smallest absolute Gasteiger partial charge is 0.0841 e. The first-order chi connectivity index (χ1) is 8.72. The highest BCUT2D eigenvalue weighted by molar-refractivity contribution is 5.81. The molecular formula is C15H23N3. The van der Waals surface area contributed by atoms with Crippen molar-refractivity contribution in [2.45, 2.75) is 40.3 Å². The van der Waals surface area contributed by atoms with Gasteiger partial charge in [0.15, 0.2) is 0 Å². The predicted molar refractivity (Wildman–Crippen MR) is 76.6 cm³/mol. The van der Waals surface area contributed by atoms with Gasteiger partial charge in [-0.15, -0.1) is 0 Å². The molecule has 1 heterocycles. The topological polar surface area (TPSA) is 29.9 Å².